The van der Waals surface area contributed by atoms with Crippen LogP contribution in [0.25, 0.3) is 66.3 Å². The number of benzene rings is 2. The van der Waals surface area contributed by atoms with Crippen molar-refractivity contribution in [3.8, 4) is 66.3 Å². The van der Waals surface area contributed by atoms with Gasteiger partial charge in [0.05, 0.1) is 81.1 Å². The number of aliphatic hydroxyl groups is 2. The Morgan fingerprint density at radius 1 is 0.683 bits per heavy atom. The highest BCUT2D eigenvalue weighted by Crippen LogP contribution is 2.48. The Labute approximate surface area is 368 Å². The van der Waals surface area contributed by atoms with E-state index in [1.807, 2.05) is 0 Å². The van der Waals surface area contributed by atoms with E-state index in [1.165, 1.54) is 43.6 Å². The van der Waals surface area contributed by atoms with E-state index in [1.54, 1.807) is 17.7 Å². The highest BCUT2D eigenvalue weighted by molar-refractivity contribution is 7.13. The van der Waals surface area contributed by atoms with Crippen molar-refractivity contribution in [3.05, 3.63) is 105 Å². The molecule has 24 heteroatoms. The summed E-state index contributed by atoms with van der Waals surface area (Å²) in [4.78, 5) is 8.30. The molecule has 0 unspecified atom stereocenters. The topological polar surface area (TPSA) is 154 Å². The van der Waals surface area contributed by atoms with Gasteiger partial charge in [0.2, 0.25) is 0 Å². The van der Waals surface area contributed by atoms with Crippen molar-refractivity contribution in [2.45, 2.75) is 57.9 Å². The van der Waals surface area contributed by atoms with Crippen LogP contribution in [-0.4, -0.2) is 62.3 Å². The van der Waals surface area contributed by atoms with E-state index < -0.39 is 58.7 Å². The highest BCUT2D eigenvalue weighted by atomic mass is 35.5. The SMILES string of the molecule is CC[C@H](O)Cn1ncc(-c2onc(-c3c(F)cccc3Cl)c2-c2nccs2)c1C(F)(F)F.C[C@H](O)Cn1ncc(-c2onc(-c3c(F)cccc3Cl)c2-c2nccs2)c1C(F)(F)F. The van der Waals surface area contributed by atoms with Crippen molar-refractivity contribution in [1.29, 1.82) is 0 Å². The fraction of sp³-hybridized carbons (Fsp3) is 0.231. The minimum absolute atomic E-state index is 0.0125. The van der Waals surface area contributed by atoms with Crippen LogP contribution in [0.3, 0.4) is 0 Å². The molecule has 6 heterocycles. The number of halogens is 10. The second kappa shape index (κ2) is 18.3. The Morgan fingerprint density at radius 2 is 1.11 bits per heavy atom. The third-order valence-electron chi connectivity index (χ3n) is 9.07. The first-order valence-corrected chi connectivity index (χ1v) is 20.7. The summed E-state index contributed by atoms with van der Waals surface area (Å²) in [5, 5.41) is 38.5. The quantitative estimate of drug-likeness (QED) is 0.120. The largest absolute Gasteiger partial charge is 0.433 e. The van der Waals surface area contributed by atoms with Gasteiger partial charge in [-0.05, 0) is 37.6 Å². The van der Waals surface area contributed by atoms with E-state index >= 15 is 0 Å². The molecule has 0 fully saturated rings. The Kier molecular flexibility index (Phi) is 13.2. The standard InChI is InChI=1S/C20H15ClF4N4O2S.C19H13ClF4N4O2S/c1-2-10(30)9-29-18(20(23,24)25)11(8-27-29)17-15(19-26-6-7-32-19)16(28-31-17)14-12(21)4-3-5-13(14)22;1-9(29)8-28-17(19(22,23)24)10(7-26-28)16-14(18-25-5-6-31-18)15(27-30-16)13-11(20)3-2-4-12(13)21/h3-8,10,30H,2,9H2,1H3;2-7,9,29H,8H2,1H3/t10-;9-/m00/s1. The number of alkyl halides is 6. The fourth-order valence-corrected chi connectivity index (χ4v) is 8.25. The average Bonchev–Trinajstić information content (AvgIpc) is 4.05. The maximum atomic E-state index is 14.6. The zero-order chi connectivity index (χ0) is 45.4. The van der Waals surface area contributed by atoms with Crippen molar-refractivity contribution in [3.63, 3.8) is 0 Å². The van der Waals surface area contributed by atoms with Gasteiger partial charge in [-0.15, -0.1) is 22.7 Å². The van der Waals surface area contributed by atoms with Gasteiger partial charge in [-0.25, -0.2) is 18.7 Å². The summed E-state index contributed by atoms with van der Waals surface area (Å²) in [5.41, 5.74) is -3.33. The van der Waals surface area contributed by atoms with Crippen LogP contribution in [0.2, 0.25) is 10.0 Å². The van der Waals surface area contributed by atoms with Gasteiger partial charge in [0.25, 0.3) is 0 Å². The van der Waals surface area contributed by atoms with Gasteiger partial charge in [0.15, 0.2) is 22.9 Å². The van der Waals surface area contributed by atoms with Gasteiger partial charge in [-0.2, -0.15) is 36.5 Å². The van der Waals surface area contributed by atoms with Crippen molar-refractivity contribution in [1.82, 2.24) is 39.8 Å². The first kappa shape index (κ1) is 45.5. The lowest BCUT2D eigenvalue weighted by atomic mass is 10.0. The Morgan fingerprint density at radius 3 is 1.46 bits per heavy atom. The minimum Gasteiger partial charge on any atom is -0.391 e. The van der Waals surface area contributed by atoms with Crippen LogP contribution < -0.4 is 0 Å². The molecule has 6 aromatic heterocycles. The normalized spacial score (nSPS) is 13.0. The molecule has 63 heavy (non-hydrogen) atoms. The number of nitrogens with zero attached hydrogens (tertiary/aromatic N) is 8. The van der Waals surface area contributed by atoms with Crippen molar-refractivity contribution in [2.75, 3.05) is 0 Å². The number of aromatic nitrogens is 8. The maximum absolute atomic E-state index is 14.6. The van der Waals surface area contributed by atoms with Gasteiger partial charge in [0.1, 0.15) is 33.0 Å². The van der Waals surface area contributed by atoms with Crippen molar-refractivity contribution >= 4 is 45.9 Å². The first-order valence-electron chi connectivity index (χ1n) is 18.2. The van der Waals surface area contributed by atoms with Crippen LogP contribution in [0.15, 0.2) is 81.0 Å². The molecule has 2 atom stereocenters. The molecular weight excluding hydrogens is 932 g/mol. The number of aliphatic hydroxyl groups excluding tert-OH is 2. The van der Waals surface area contributed by atoms with E-state index in [0.29, 0.717) is 9.36 Å². The molecule has 2 aromatic carbocycles. The molecule has 2 N–H and O–H groups in total. The summed E-state index contributed by atoms with van der Waals surface area (Å²) in [7, 11) is 0. The van der Waals surface area contributed by atoms with E-state index in [0.717, 1.165) is 47.2 Å². The van der Waals surface area contributed by atoms with E-state index in [-0.39, 0.29) is 84.7 Å². The van der Waals surface area contributed by atoms with Gasteiger partial charge >= 0.3 is 12.4 Å². The van der Waals surface area contributed by atoms with Crippen molar-refractivity contribution < 1.29 is 54.4 Å². The summed E-state index contributed by atoms with van der Waals surface area (Å²) in [6, 6.07) is 7.98. The number of thiazole rings is 2. The molecule has 8 rings (SSSR count). The molecule has 0 radical (unpaired) electrons. The van der Waals surface area contributed by atoms with Crippen molar-refractivity contribution in [2.24, 2.45) is 0 Å². The van der Waals surface area contributed by atoms with Crippen LogP contribution in [0, 0.1) is 11.6 Å². The summed E-state index contributed by atoms with van der Waals surface area (Å²) < 4.78 is 125. The molecule has 0 spiro atoms. The molecule has 8 aromatic rings. The zero-order valence-electron chi connectivity index (χ0n) is 32.1. The second-order valence-corrected chi connectivity index (χ2v) is 16.0. The molecule has 0 saturated carbocycles. The van der Waals surface area contributed by atoms with Crippen LogP contribution >= 0.6 is 45.9 Å². The van der Waals surface area contributed by atoms with Gasteiger partial charge in [-0.3, -0.25) is 9.36 Å². The van der Waals surface area contributed by atoms with Crippen LogP contribution in [-0.2, 0) is 25.4 Å². The second-order valence-electron chi connectivity index (χ2n) is 13.4. The van der Waals surface area contributed by atoms with Gasteiger partial charge in [-0.1, -0.05) is 52.6 Å². The van der Waals surface area contributed by atoms with E-state index in [2.05, 4.69) is 30.5 Å². The van der Waals surface area contributed by atoms with Gasteiger partial charge in [0, 0.05) is 23.2 Å². The average molecular weight is 960 g/mol. The third-order valence-corrected chi connectivity index (χ3v) is 11.3. The molecule has 330 valence electrons. The lowest BCUT2D eigenvalue weighted by Crippen LogP contribution is -2.22. The van der Waals surface area contributed by atoms with Crippen LogP contribution in [0.4, 0.5) is 35.1 Å². The third kappa shape index (κ3) is 9.27. The lowest BCUT2D eigenvalue weighted by Gasteiger charge is -2.14. The highest BCUT2D eigenvalue weighted by Gasteiger charge is 2.43. The fourth-order valence-electron chi connectivity index (χ4n) is 6.38. The monoisotopic (exact) mass is 958 g/mol. The Hall–Kier alpha value is -5.52. The first-order chi connectivity index (χ1) is 29.9. The molecule has 0 aliphatic heterocycles. The predicted molar refractivity (Wildman–Crippen MR) is 216 cm³/mol. The zero-order valence-corrected chi connectivity index (χ0v) is 35.2. The summed E-state index contributed by atoms with van der Waals surface area (Å²) >= 11 is 14.6. The van der Waals surface area contributed by atoms with E-state index in [9.17, 15) is 45.3 Å². The molecule has 0 aliphatic rings. The molecule has 0 amide bonds. The number of hydrogen-bond acceptors (Lipinski definition) is 12. The smallest absolute Gasteiger partial charge is 0.391 e. The summed E-state index contributed by atoms with van der Waals surface area (Å²) in [5.74, 6) is -1.99. The predicted octanol–water partition coefficient (Wildman–Crippen LogP) is 11.4. The molecule has 12 nitrogen and oxygen atoms in total. The number of rotatable bonds is 11. The Balaban J connectivity index is 0.000000189. The molecule has 0 aliphatic carbocycles. The van der Waals surface area contributed by atoms with Crippen LogP contribution in [0.5, 0.6) is 0 Å². The Bertz CT molecular complexity index is 2800. The minimum atomic E-state index is -4.82. The molecule has 0 bridgehead atoms. The van der Waals surface area contributed by atoms with Gasteiger partial charge < -0.3 is 19.3 Å². The molecule has 0 saturated heterocycles. The molecular formula is C39H28Cl2F8N8O4S2. The summed E-state index contributed by atoms with van der Waals surface area (Å²) in [6.07, 6.45) is -6.63. The maximum Gasteiger partial charge on any atom is 0.433 e. The summed E-state index contributed by atoms with van der Waals surface area (Å²) in [6.45, 7) is 2.23. The van der Waals surface area contributed by atoms with Crippen LogP contribution in [0.1, 0.15) is 31.7 Å². The van der Waals surface area contributed by atoms with E-state index in [4.69, 9.17) is 32.2 Å². The lowest BCUT2D eigenvalue weighted by molar-refractivity contribution is -0.145. The number of hydrogen-bond donors (Lipinski definition) is 2.